The summed E-state index contributed by atoms with van der Waals surface area (Å²) in [5.41, 5.74) is 2.22. The number of fused-ring (bicyclic) bond motifs is 2. The summed E-state index contributed by atoms with van der Waals surface area (Å²) in [5, 5.41) is 13.8. The second-order valence-corrected chi connectivity index (χ2v) is 9.82. The van der Waals surface area contributed by atoms with Crippen LogP contribution in [0.15, 0.2) is 53.0 Å². The number of carbonyl (C=O) groups is 3. The van der Waals surface area contributed by atoms with Crippen LogP contribution in [0.3, 0.4) is 0 Å². The zero-order valence-corrected chi connectivity index (χ0v) is 22.5. The molecule has 37 heavy (non-hydrogen) atoms. The van der Waals surface area contributed by atoms with Crippen molar-refractivity contribution in [1.29, 1.82) is 0 Å². The number of aryl methyl sites for hydroxylation is 1. The molecule has 0 bridgehead atoms. The van der Waals surface area contributed by atoms with Crippen LogP contribution in [0.25, 0.3) is 10.8 Å². The summed E-state index contributed by atoms with van der Waals surface area (Å²) < 4.78 is 12.6. The van der Waals surface area contributed by atoms with Crippen LogP contribution in [0.1, 0.15) is 18.1 Å². The van der Waals surface area contributed by atoms with Crippen molar-refractivity contribution < 1.29 is 29.0 Å². The standard InChI is InChI=1S/C27H28BrN3O6/c1-15-6-5-7-22-24(15)37-14-21(29-25(32)16(2)30(3)27(34)35)26(33)31(22)13-20-19-10-9-18(28)12-17(19)8-11-23(20)36-4/h5-12,16,21H,13-14H2,1-4H3,(H,29,32)(H,34,35)/t16-,21-/m0/s1. The van der Waals surface area contributed by atoms with Gasteiger partial charge in [-0.2, -0.15) is 0 Å². The van der Waals surface area contributed by atoms with Gasteiger partial charge in [0.1, 0.15) is 30.2 Å². The SMILES string of the molecule is COc1ccc2cc(Br)ccc2c1CN1C(=O)[C@@H](NC(=O)[C@H](C)N(C)C(=O)O)COc2c(C)cccc21. The average molecular weight is 570 g/mol. The summed E-state index contributed by atoms with van der Waals surface area (Å²) in [7, 11) is 2.88. The van der Waals surface area contributed by atoms with Gasteiger partial charge < -0.3 is 24.8 Å². The van der Waals surface area contributed by atoms with Crippen molar-refractivity contribution in [2.24, 2.45) is 0 Å². The Morgan fingerprint density at radius 2 is 2.03 bits per heavy atom. The van der Waals surface area contributed by atoms with Crippen molar-refractivity contribution in [2.75, 3.05) is 25.7 Å². The summed E-state index contributed by atoms with van der Waals surface area (Å²) >= 11 is 3.51. The van der Waals surface area contributed by atoms with Crippen molar-refractivity contribution in [3.8, 4) is 11.5 Å². The highest BCUT2D eigenvalue weighted by Gasteiger charge is 2.35. The van der Waals surface area contributed by atoms with Crippen molar-refractivity contribution >= 4 is 50.3 Å². The van der Waals surface area contributed by atoms with Crippen LogP contribution in [0.5, 0.6) is 11.5 Å². The van der Waals surface area contributed by atoms with E-state index in [9.17, 15) is 19.5 Å². The van der Waals surface area contributed by atoms with Crippen molar-refractivity contribution in [3.05, 3.63) is 64.1 Å². The van der Waals surface area contributed by atoms with Crippen LogP contribution < -0.4 is 19.7 Å². The number of benzene rings is 3. The molecule has 0 unspecified atom stereocenters. The lowest BCUT2D eigenvalue weighted by Gasteiger charge is -2.28. The van der Waals surface area contributed by atoms with E-state index in [0.717, 1.165) is 31.3 Å². The van der Waals surface area contributed by atoms with Gasteiger partial charge >= 0.3 is 6.09 Å². The van der Waals surface area contributed by atoms with Crippen LogP contribution in [0.4, 0.5) is 10.5 Å². The third-order valence-electron chi connectivity index (χ3n) is 6.61. The number of likely N-dealkylation sites (N-methyl/N-ethyl adjacent to an activating group) is 1. The van der Waals surface area contributed by atoms with Crippen LogP contribution in [-0.2, 0) is 16.1 Å². The van der Waals surface area contributed by atoms with Gasteiger partial charge in [0.2, 0.25) is 5.91 Å². The number of carboxylic acid groups (broad SMARTS) is 1. The van der Waals surface area contributed by atoms with Gasteiger partial charge in [0.05, 0.1) is 19.3 Å². The number of amides is 3. The number of hydrogen-bond acceptors (Lipinski definition) is 5. The number of nitrogens with zero attached hydrogens (tertiary/aromatic N) is 2. The number of carbonyl (C=O) groups excluding carboxylic acids is 2. The first-order valence-electron chi connectivity index (χ1n) is 11.7. The van der Waals surface area contributed by atoms with Gasteiger partial charge in [-0.25, -0.2) is 4.79 Å². The summed E-state index contributed by atoms with van der Waals surface area (Å²) in [4.78, 5) is 40.6. The normalized spacial score (nSPS) is 15.9. The van der Waals surface area contributed by atoms with Gasteiger partial charge in [-0.3, -0.25) is 14.5 Å². The number of halogens is 1. The lowest BCUT2D eigenvalue weighted by molar-refractivity contribution is -0.130. The molecule has 0 fully saturated rings. The quantitative estimate of drug-likeness (QED) is 0.457. The minimum atomic E-state index is -1.24. The molecular weight excluding hydrogens is 542 g/mol. The van der Waals surface area contributed by atoms with E-state index < -0.39 is 24.1 Å². The minimum Gasteiger partial charge on any atom is -0.496 e. The number of anilines is 1. The zero-order chi connectivity index (χ0) is 26.9. The van der Waals surface area contributed by atoms with Crippen LogP contribution in [0, 0.1) is 6.92 Å². The number of ether oxygens (including phenoxy) is 2. The highest BCUT2D eigenvalue weighted by atomic mass is 79.9. The van der Waals surface area contributed by atoms with Crippen molar-refractivity contribution in [1.82, 2.24) is 10.2 Å². The highest BCUT2D eigenvalue weighted by Crippen LogP contribution is 2.38. The molecule has 194 valence electrons. The summed E-state index contributed by atoms with van der Waals surface area (Å²) in [6, 6.07) is 13.2. The number of methoxy groups -OCH3 is 1. The Morgan fingerprint density at radius 1 is 1.27 bits per heavy atom. The van der Waals surface area contributed by atoms with E-state index >= 15 is 0 Å². The molecule has 4 rings (SSSR count). The third kappa shape index (κ3) is 5.20. The molecule has 3 amide bonds. The lowest BCUT2D eigenvalue weighted by Crippen LogP contribution is -2.55. The number of para-hydroxylation sites is 1. The Labute approximate surface area is 223 Å². The smallest absolute Gasteiger partial charge is 0.407 e. The molecule has 1 aliphatic heterocycles. The average Bonchev–Trinajstić information content (AvgIpc) is 3.00. The van der Waals surface area contributed by atoms with E-state index in [1.165, 1.54) is 14.0 Å². The monoisotopic (exact) mass is 569 g/mol. The van der Waals surface area contributed by atoms with Crippen LogP contribution in [0.2, 0.25) is 0 Å². The van der Waals surface area contributed by atoms with E-state index in [1.807, 2.05) is 49.4 Å². The molecule has 3 aromatic rings. The number of hydrogen-bond donors (Lipinski definition) is 2. The molecule has 9 nitrogen and oxygen atoms in total. The number of rotatable bonds is 6. The lowest BCUT2D eigenvalue weighted by atomic mass is 10.0. The van der Waals surface area contributed by atoms with E-state index in [4.69, 9.17) is 9.47 Å². The van der Waals surface area contributed by atoms with E-state index in [0.29, 0.717) is 17.2 Å². The molecule has 2 N–H and O–H groups in total. The first-order chi connectivity index (χ1) is 17.6. The molecular formula is C27H28BrN3O6. The van der Waals surface area contributed by atoms with Gasteiger partial charge in [0.25, 0.3) is 5.91 Å². The first-order valence-corrected chi connectivity index (χ1v) is 12.5. The second kappa shape index (κ2) is 10.7. The maximum Gasteiger partial charge on any atom is 0.407 e. The van der Waals surface area contributed by atoms with Gasteiger partial charge in [0, 0.05) is 17.1 Å². The Morgan fingerprint density at radius 3 is 2.73 bits per heavy atom. The zero-order valence-electron chi connectivity index (χ0n) is 20.9. The van der Waals surface area contributed by atoms with E-state index in [2.05, 4.69) is 21.2 Å². The predicted octanol–water partition coefficient (Wildman–Crippen LogP) is 4.33. The molecule has 0 spiro atoms. The highest BCUT2D eigenvalue weighted by molar-refractivity contribution is 9.10. The molecule has 3 aromatic carbocycles. The van der Waals surface area contributed by atoms with Gasteiger partial charge in [0.15, 0.2) is 0 Å². The van der Waals surface area contributed by atoms with Crippen molar-refractivity contribution in [3.63, 3.8) is 0 Å². The predicted molar refractivity (Wildman–Crippen MR) is 143 cm³/mol. The minimum absolute atomic E-state index is 0.0952. The van der Waals surface area contributed by atoms with Gasteiger partial charge in [-0.1, -0.05) is 40.2 Å². The molecule has 10 heteroatoms. The topological polar surface area (TPSA) is 108 Å². The molecule has 0 saturated heterocycles. The summed E-state index contributed by atoms with van der Waals surface area (Å²) in [6.45, 7) is 3.42. The van der Waals surface area contributed by atoms with Gasteiger partial charge in [-0.15, -0.1) is 0 Å². The fourth-order valence-corrected chi connectivity index (χ4v) is 4.72. The molecule has 2 atom stereocenters. The maximum atomic E-state index is 13.9. The van der Waals surface area contributed by atoms with Crippen molar-refractivity contribution in [2.45, 2.75) is 32.5 Å². The third-order valence-corrected chi connectivity index (χ3v) is 7.10. The molecule has 0 aliphatic carbocycles. The Bertz CT molecular complexity index is 1380. The van der Waals surface area contributed by atoms with Crippen LogP contribution in [-0.4, -0.2) is 60.8 Å². The second-order valence-electron chi connectivity index (χ2n) is 8.90. The largest absolute Gasteiger partial charge is 0.496 e. The molecule has 1 aliphatic rings. The molecule has 0 aromatic heterocycles. The Kier molecular flexibility index (Phi) is 7.58. The summed E-state index contributed by atoms with van der Waals surface area (Å²) in [6.07, 6.45) is -1.24. The van der Waals surface area contributed by atoms with Gasteiger partial charge in [-0.05, 0) is 54.4 Å². The molecule has 0 saturated carbocycles. The molecule has 1 heterocycles. The Balaban J connectivity index is 1.76. The van der Waals surface area contributed by atoms with E-state index in [1.54, 1.807) is 18.1 Å². The van der Waals surface area contributed by atoms with E-state index in [-0.39, 0.29) is 19.1 Å². The summed E-state index contributed by atoms with van der Waals surface area (Å²) in [5.74, 6) is 0.200. The fraction of sp³-hybridized carbons (Fsp3) is 0.296. The Hall–Kier alpha value is -3.79. The maximum absolute atomic E-state index is 13.9. The first kappa shape index (κ1) is 26.3. The number of nitrogens with one attached hydrogen (secondary N) is 1. The van der Waals surface area contributed by atoms with Crippen LogP contribution >= 0.6 is 15.9 Å². The fourth-order valence-electron chi connectivity index (χ4n) is 4.34. The molecule has 0 radical (unpaired) electrons.